The summed E-state index contributed by atoms with van der Waals surface area (Å²) < 4.78 is 0. The van der Waals surface area contributed by atoms with Gasteiger partial charge < -0.3 is 0 Å². The molecular formula is C12H10N2O2. The van der Waals surface area contributed by atoms with E-state index in [0.29, 0.717) is 17.3 Å². The maximum absolute atomic E-state index is 10.3. The molecule has 0 aromatic heterocycles. The largest absolute Gasteiger partial charge is 0.240 e. The van der Waals surface area contributed by atoms with Gasteiger partial charge in [-0.1, -0.05) is 6.42 Å². The standard InChI is InChI=1S/C12H10N2O2/c15-7-13-10-4-5-12(14-8-16)11(6-10)9-2-1-3-9/h4-6,9H,1-3H2. The van der Waals surface area contributed by atoms with E-state index in [1.807, 2.05) is 0 Å². The molecule has 1 aliphatic carbocycles. The predicted molar refractivity (Wildman–Crippen MR) is 58.6 cm³/mol. The third-order valence-electron chi connectivity index (χ3n) is 2.90. The van der Waals surface area contributed by atoms with E-state index in [4.69, 9.17) is 0 Å². The molecule has 4 nitrogen and oxygen atoms in total. The van der Waals surface area contributed by atoms with Crippen LogP contribution in [-0.2, 0) is 9.59 Å². The first-order chi connectivity index (χ1) is 7.85. The maximum atomic E-state index is 10.3. The normalized spacial score (nSPS) is 14.5. The summed E-state index contributed by atoms with van der Waals surface area (Å²) in [6.45, 7) is 0. The molecule has 0 aliphatic heterocycles. The number of nitrogens with zero attached hydrogens (tertiary/aromatic N) is 2. The van der Waals surface area contributed by atoms with Gasteiger partial charge in [-0.25, -0.2) is 9.59 Å². The molecule has 2 rings (SSSR count). The zero-order valence-corrected chi connectivity index (χ0v) is 8.64. The molecule has 80 valence electrons. The van der Waals surface area contributed by atoms with E-state index < -0.39 is 0 Å². The lowest BCUT2D eigenvalue weighted by molar-refractivity contribution is 0.420. The van der Waals surface area contributed by atoms with Crippen LogP contribution in [0.25, 0.3) is 0 Å². The van der Waals surface area contributed by atoms with Gasteiger partial charge in [0, 0.05) is 0 Å². The first kappa shape index (κ1) is 10.5. The number of hydrogen-bond acceptors (Lipinski definition) is 4. The molecule has 0 spiro atoms. The third-order valence-corrected chi connectivity index (χ3v) is 2.90. The summed E-state index contributed by atoms with van der Waals surface area (Å²) in [6.07, 6.45) is 6.43. The van der Waals surface area contributed by atoms with E-state index in [9.17, 15) is 9.59 Å². The van der Waals surface area contributed by atoms with Crippen LogP contribution in [0.2, 0.25) is 0 Å². The highest BCUT2D eigenvalue weighted by atomic mass is 16.1. The molecule has 0 saturated heterocycles. The van der Waals surface area contributed by atoms with Crippen molar-refractivity contribution in [3.8, 4) is 0 Å². The fourth-order valence-electron chi connectivity index (χ4n) is 1.86. The molecule has 1 fully saturated rings. The Labute approximate surface area is 92.7 Å². The van der Waals surface area contributed by atoms with Gasteiger partial charge in [0.15, 0.2) is 0 Å². The van der Waals surface area contributed by atoms with E-state index in [1.165, 1.54) is 12.5 Å². The van der Waals surface area contributed by atoms with Gasteiger partial charge in [0.25, 0.3) is 0 Å². The van der Waals surface area contributed by atoms with Crippen LogP contribution in [0.5, 0.6) is 0 Å². The van der Waals surface area contributed by atoms with Gasteiger partial charge in [0.1, 0.15) is 0 Å². The van der Waals surface area contributed by atoms with Crippen LogP contribution >= 0.6 is 0 Å². The molecule has 0 heterocycles. The smallest absolute Gasteiger partial charge is 0.211 e. The van der Waals surface area contributed by atoms with E-state index in [1.54, 1.807) is 24.3 Å². The lowest BCUT2D eigenvalue weighted by Gasteiger charge is -2.26. The van der Waals surface area contributed by atoms with Crippen molar-refractivity contribution in [3.05, 3.63) is 23.8 Å². The quantitative estimate of drug-likeness (QED) is 0.573. The van der Waals surface area contributed by atoms with E-state index >= 15 is 0 Å². The highest BCUT2D eigenvalue weighted by Crippen LogP contribution is 2.42. The molecule has 1 saturated carbocycles. The number of benzene rings is 1. The summed E-state index contributed by atoms with van der Waals surface area (Å²) >= 11 is 0. The topological polar surface area (TPSA) is 58.9 Å². The van der Waals surface area contributed by atoms with Crippen molar-refractivity contribution < 1.29 is 9.59 Å². The van der Waals surface area contributed by atoms with Crippen molar-refractivity contribution in [3.63, 3.8) is 0 Å². The first-order valence-electron chi connectivity index (χ1n) is 5.15. The summed E-state index contributed by atoms with van der Waals surface area (Å²) in [6, 6.07) is 5.13. The number of isocyanates is 2. The lowest BCUT2D eigenvalue weighted by atomic mass is 9.79. The Balaban J connectivity index is 2.45. The van der Waals surface area contributed by atoms with Gasteiger partial charge in [-0.15, -0.1) is 0 Å². The van der Waals surface area contributed by atoms with Gasteiger partial charge >= 0.3 is 0 Å². The van der Waals surface area contributed by atoms with Crippen molar-refractivity contribution in [1.29, 1.82) is 0 Å². The minimum absolute atomic E-state index is 0.425. The molecule has 16 heavy (non-hydrogen) atoms. The Bertz CT molecular complexity index is 494. The van der Waals surface area contributed by atoms with E-state index in [2.05, 4.69) is 9.98 Å². The van der Waals surface area contributed by atoms with Gasteiger partial charge in [-0.3, -0.25) is 0 Å². The second kappa shape index (κ2) is 4.67. The maximum Gasteiger partial charge on any atom is 0.240 e. The zero-order valence-electron chi connectivity index (χ0n) is 8.64. The number of rotatable bonds is 3. The minimum Gasteiger partial charge on any atom is -0.211 e. The van der Waals surface area contributed by atoms with Crippen molar-refractivity contribution >= 4 is 23.5 Å². The third kappa shape index (κ3) is 1.98. The van der Waals surface area contributed by atoms with Gasteiger partial charge in [0.05, 0.1) is 11.4 Å². The van der Waals surface area contributed by atoms with Crippen molar-refractivity contribution in [2.24, 2.45) is 9.98 Å². The summed E-state index contributed by atoms with van der Waals surface area (Å²) in [5.41, 5.74) is 2.16. The Hall–Kier alpha value is -2.02. The van der Waals surface area contributed by atoms with Crippen molar-refractivity contribution in [1.82, 2.24) is 0 Å². The first-order valence-corrected chi connectivity index (χ1v) is 5.15. The zero-order chi connectivity index (χ0) is 11.4. The Morgan fingerprint density at radius 3 is 2.44 bits per heavy atom. The average molecular weight is 214 g/mol. The highest BCUT2D eigenvalue weighted by Gasteiger charge is 2.22. The summed E-state index contributed by atoms with van der Waals surface area (Å²) in [5, 5.41) is 0. The lowest BCUT2D eigenvalue weighted by Crippen LogP contribution is -2.08. The van der Waals surface area contributed by atoms with Gasteiger partial charge in [-0.2, -0.15) is 9.98 Å². The van der Waals surface area contributed by atoms with Crippen LogP contribution in [0.4, 0.5) is 11.4 Å². The molecule has 0 atom stereocenters. The Morgan fingerprint density at radius 1 is 1.12 bits per heavy atom. The van der Waals surface area contributed by atoms with Crippen LogP contribution in [-0.4, -0.2) is 12.2 Å². The molecule has 4 heteroatoms. The second-order valence-electron chi connectivity index (χ2n) is 3.78. The number of aliphatic imine (C=N–C) groups is 2. The van der Waals surface area contributed by atoms with Crippen LogP contribution in [0.1, 0.15) is 30.7 Å². The van der Waals surface area contributed by atoms with Crippen LogP contribution in [0, 0.1) is 0 Å². The van der Waals surface area contributed by atoms with Crippen molar-refractivity contribution in [2.45, 2.75) is 25.2 Å². The molecule has 0 amide bonds. The van der Waals surface area contributed by atoms with Crippen LogP contribution in [0.3, 0.4) is 0 Å². The summed E-state index contributed by atoms with van der Waals surface area (Å²) in [5.74, 6) is 0.425. The summed E-state index contributed by atoms with van der Waals surface area (Å²) in [7, 11) is 0. The SMILES string of the molecule is O=C=Nc1ccc(N=C=O)c(C2CCC2)c1. The average Bonchev–Trinajstić information content (AvgIpc) is 2.20. The predicted octanol–water partition coefficient (Wildman–Crippen LogP) is 2.89. The molecule has 0 unspecified atom stereocenters. The van der Waals surface area contributed by atoms with Crippen LogP contribution in [0.15, 0.2) is 28.2 Å². The fraction of sp³-hybridized carbons (Fsp3) is 0.333. The molecule has 0 bridgehead atoms. The molecule has 1 aliphatic rings. The Morgan fingerprint density at radius 2 is 1.88 bits per heavy atom. The highest BCUT2D eigenvalue weighted by molar-refractivity contribution is 5.61. The van der Waals surface area contributed by atoms with Crippen molar-refractivity contribution in [2.75, 3.05) is 0 Å². The molecule has 1 aromatic carbocycles. The number of hydrogen-bond donors (Lipinski definition) is 0. The van der Waals surface area contributed by atoms with Gasteiger partial charge in [-0.05, 0) is 42.5 Å². The van der Waals surface area contributed by atoms with Gasteiger partial charge in [0.2, 0.25) is 12.2 Å². The van der Waals surface area contributed by atoms with E-state index in [0.717, 1.165) is 18.4 Å². The van der Waals surface area contributed by atoms with Crippen LogP contribution < -0.4 is 0 Å². The number of carbonyl (C=O) groups excluding carboxylic acids is 2. The molecule has 0 radical (unpaired) electrons. The summed E-state index contributed by atoms with van der Waals surface area (Å²) in [4.78, 5) is 27.7. The second-order valence-corrected chi connectivity index (χ2v) is 3.78. The monoisotopic (exact) mass is 214 g/mol. The minimum atomic E-state index is 0.425. The molecule has 0 N–H and O–H groups in total. The van der Waals surface area contributed by atoms with E-state index in [-0.39, 0.29) is 0 Å². The fourth-order valence-corrected chi connectivity index (χ4v) is 1.86. The molecular weight excluding hydrogens is 204 g/mol. The Kier molecular flexibility index (Phi) is 3.06. The molecule has 1 aromatic rings.